The van der Waals surface area contributed by atoms with E-state index in [1.54, 1.807) is 18.0 Å². The Bertz CT molecular complexity index is 514. The molecule has 0 aromatic carbocycles. The SMILES string of the molecule is CSC1=Nc2cccnc2C2=NCC(CBr)N12. The molecular formula is C11H11BrN4S. The minimum absolute atomic E-state index is 0.353. The zero-order valence-corrected chi connectivity index (χ0v) is 11.7. The molecule has 1 aromatic heterocycles. The van der Waals surface area contributed by atoms with Gasteiger partial charge in [0, 0.05) is 11.5 Å². The monoisotopic (exact) mass is 310 g/mol. The number of amidine groups is 2. The van der Waals surface area contributed by atoms with Crippen molar-refractivity contribution >= 4 is 44.4 Å². The van der Waals surface area contributed by atoms with Crippen molar-refractivity contribution in [1.29, 1.82) is 0 Å². The summed E-state index contributed by atoms with van der Waals surface area (Å²) in [6.07, 6.45) is 3.84. The first-order chi connectivity index (χ1) is 8.35. The molecule has 0 saturated carbocycles. The van der Waals surface area contributed by atoms with Crippen LogP contribution in [-0.2, 0) is 0 Å². The fourth-order valence-electron chi connectivity index (χ4n) is 2.04. The van der Waals surface area contributed by atoms with Crippen LogP contribution in [0.3, 0.4) is 0 Å². The molecule has 3 heterocycles. The molecule has 0 fully saturated rings. The predicted octanol–water partition coefficient (Wildman–Crippen LogP) is 2.27. The van der Waals surface area contributed by atoms with Gasteiger partial charge in [-0.3, -0.25) is 14.9 Å². The first-order valence-corrected chi connectivity index (χ1v) is 7.67. The Balaban J connectivity index is 2.14. The van der Waals surface area contributed by atoms with Gasteiger partial charge in [0.2, 0.25) is 0 Å². The number of aliphatic imine (C=N–C) groups is 2. The molecule has 4 nitrogen and oxygen atoms in total. The first-order valence-electron chi connectivity index (χ1n) is 5.33. The second-order valence-electron chi connectivity index (χ2n) is 3.81. The van der Waals surface area contributed by atoms with E-state index in [-0.39, 0.29) is 0 Å². The number of nitrogens with zero attached hydrogens (tertiary/aromatic N) is 4. The van der Waals surface area contributed by atoms with Crippen molar-refractivity contribution in [3.8, 4) is 0 Å². The lowest BCUT2D eigenvalue weighted by Gasteiger charge is -2.29. The molecule has 0 saturated heterocycles. The topological polar surface area (TPSA) is 40.9 Å². The van der Waals surface area contributed by atoms with Crippen molar-refractivity contribution in [3.05, 3.63) is 24.0 Å². The summed E-state index contributed by atoms with van der Waals surface area (Å²) in [5.74, 6) is 0.962. The number of hydrogen-bond acceptors (Lipinski definition) is 5. The molecule has 0 spiro atoms. The fraction of sp³-hybridized carbons (Fsp3) is 0.364. The highest BCUT2D eigenvalue weighted by atomic mass is 79.9. The molecule has 88 valence electrons. The minimum Gasteiger partial charge on any atom is -0.298 e. The van der Waals surface area contributed by atoms with Crippen LogP contribution in [-0.4, -0.2) is 45.1 Å². The molecule has 0 N–H and O–H groups in total. The van der Waals surface area contributed by atoms with Gasteiger partial charge in [0.25, 0.3) is 0 Å². The molecule has 1 atom stereocenters. The highest BCUT2D eigenvalue weighted by Crippen LogP contribution is 2.31. The molecule has 1 aromatic rings. The molecule has 17 heavy (non-hydrogen) atoms. The summed E-state index contributed by atoms with van der Waals surface area (Å²) in [6.45, 7) is 0.802. The van der Waals surface area contributed by atoms with Crippen LogP contribution in [0.2, 0.25) is 0 Å². The van der Waals surface area contributed by atoms with Gasteiger partial charge < -0.3 is 0 Å². The number of aromatic nitrogens is 1. The van der Waals surface area contributed by atoms with Crippen LogP contribution < -0.4 is 0 Å². The lowest BCUT2D eigenvalue weighted by Crippen LogP contribution is -2.43. The Labute approximate surface area is 112 Å². The van der Waals surface area contributed by atoms with E-state index in [0.717, 1.165) is 34.3 Å². The quantitative estimate of drug-likeness (QED) is 0.747. The van der Waals surface area contributed by atoms with Crippen molar-refractivity contribution in [2.45, 2.75) is 6.04 Å². The lowest BCUT2D eigenvalue weighted by molar-refractivity contribution is 0.529. The third kappa shape index (κ3) is 1.70. The lowest BCUT2D eigenvalue weighted by atomic mass is 10.2. The van der Waals surface area contributed by atoms with Crippen LogP contribution in [0.1, 0.15) is 5.69 Å². The molecule has 2 aliphatic rings. The van der Waals surface area contributed by atoms with E-state index in [9.17, 15) is 0 Å². The molecular weight excluding hydrogens is 300 g/mol. The summed E-state index contributed by atoms with van der Waals surface area (Å²) in [7, 11) is 0. The van der Waals surface area contributed by atoms with Gasteiger partial charge >= 0.3 is 0 Å². The summed E-state index contributed by atoms with van der Waals surface area (Å²) in [6, 6.07) is 4.25. The maximum absolute atomic E-state index is 4.65. The fourth-order valence-corrected chi connectivity index (χ4v) is 3.15. The Morgan fingerprint density at radius 3 is 3.24 bits per heavy atom. The molecule has 0 radical (unpaired) electrons. The molecule has 0 amide bonds. The summed E-state index contributed by atoms with van der Waals surface area (Å²) in [5, 5.41) is 1.90. The van der Waals surface area contributed by atoms with Gasteiger partial charge in [-0.05, 0) is 18.4 Å². The standard InChI is InChI=1S/C11H11BrN4S/c1-17-11-15-8-3-2-4-13-9(8)10-14-6-7(5-12)16(10)11/h2-4,7H,5-6H2,1H3. The Kier molecular flexibility index (Phi) is 2.92. The van der Waals surface area contributed by atoms with Gasteiger partial charge in [0.05, 0.1) is 18.3 Å². The summed E-state index contributed by atoms with van der Waals surface area (Å²) >= 11 is 5.19. The van der Waals surface area contributed by atoms with Gasteiger partial charge in [-0.2, -0.15) is 0 Å². The van der Waals surface area contributed by atoms with Crippen molar-refractivity contribution in [2.24, 2.45) is 9.98 Å². The van der Waals surface area contributed by atoms with Crippen LogP contribution >= 0.6 is 27.7 Å². The number of alkyl halides is 1. The third-order valence-corrected chi connectivity index (χ3v) is 4.23. The van der Waals surface area contributed by atoms with Gasteiger partial charge in [0.1, 0.15) is 5.69 Å². The highest BCUT2D eigenvalue weighted by Gasteiger charge is 2.36. The molecule has 2 aliphatic heterocycles. The maximum Gasteiger partial charge on any atom is 0.170 e. The third-order valence-electron chi connectivity index (χ3n) is 2.83. The zero-order chi connectivity index (χ0) is 11.8. The van der Waals surface area contributed by atoms with E-state index >= 15 is 0 Å². The summed E-state index contributed by atoms with van der Waals surface area (Å²) in [5.41, 5.74) is 1.82. The van der Waals surface area contributed by atoms with Crippen LogP contribution in [0.15, 0.2) is 28.3 Å². The van der Waals surface area contributed by atoms with E-state index in [4.69, 9.17) is 0 Å². The summed E-state index contributed by atoms with van der Waals surface area (Å²) < 4.78 is 0. The zero-order valence-electron chi connectivity index (χ0n) is 9.30. The van der Waals surface area contributed by atoms with E-state index in [1.165, 1.54) is 0 Å². The molecule has 3 rings (SSSR count). The average Bonchev–Trinajstić information content (AvgIpc) is 2.82. The second-order valence-corrected chi connectivity index (χ2v) is 5.23. The predicted molar refractivity (Wildman–Crippen MR) is 75.7 cm³/mol. The molecule has 1 unspecified atom stereocenters. The van der Waals surface area contributed by atoms with Crippen molar-refractivity contribution in [2.75, 3.05) is 18.1 Å². The first kappa shape index (κ1) is 11.2. The average molecular weight is 311 g/mol. The number of thioether (sulfide) groups is 1. The van der Waals surface area contributed by atoms with E-state index in [0.29, 0.717) is 6.04 Å². The van der Waals surface area contributed by atoms with Crippen molar-refractivity contribution in [1.82, 2.24) is 9.88 Å². The van der Waals surface area contributed by atoms with E-state index in [2.05, 4.69) is 35.8 Å². The van der Waals surface area contributed by atoms with E-state index < -0.39 is 0 Å². The van der Waals surface area contributed by atoms with Crippen molar-refractivity contribution < 1.29 is 0 Å². The molecule has 0 aliphatic carbocycles. The smallest absolute Gasteiger partial charge is 0.170 e. The normalized spacial score (nSPS) is 21.8. The molecule has 6 heteroatoms. The number of fused-ring (bicyclic) bond motifs is 3. The van der Waals surface area contributed by atoms with Crippen LogP contribution in [0.4, 0.5) is 5.69 Å². The Morgan fingerprint density at radius 2 is 2.47 bits per heavy atom. The number of rotatable bonds is 1. The summed E-state index contributed by atoms with van der Waals surface area (Å²) in [4.78, 5) is 15.8. The van der Waals surface area contributed by atoms with Gasteiger partial charge in [-0.1, -0.05) is 27.7 Å². The number of halogens is 1. The Hall–Kier alpha value is -0.880. The number of pyridine rings is 1. The van der Waals surface area contributed by atoms with Gasteiger partial charge in [0.15, 0.2) is 11.0 Å². The van der Waals surface area contributed by atoms with Crippen LogP contribution in [0.5, 0.6) is 0 Å². The largest absolute Gasteiger partial charge is 0.298 e. The van der Waals surface area contributed by atoms with Crippen molar-refractivity contribution in [3.63, 3.8) is 0 Å². The molecule has 0 bridgehead atoms. The number of hydrogen-bond donors (Lipinski definition) is 0. The maximum atomic E-state index is 4.65. The van der Waals surface area contributed by atoms with Crippen LogP contribution in [0, 0.1) is 0 Å². The second kappa shape index (κ2) is 4.42. The van der Waals surface area contributed by atoms with E-state index in [1.807, 2.05) is 18.4 Å². The highest BCUT2D eigenvalue weighted by molar-refractivity contribution is 9.09. The minimum atomic E-state index is 0.353. The Morgan fingerprint density at radius 1 is 1.59 bits per heavy atom. The van der Waals surface area contributed by atoms with Crippen LogP contribution in [0.25, 0.3) is 0 Å². The van der Waals surface area contributed by atoms with Gasteiger partial charge in [-0.25, -0.2) is 4.99 Å². The van der Waals surface area contributed by atoms with Gasteiger partial charge in [-0.15, -0.1) is 0 Å².